The summed E-state index contributed by atoms with van der Waals surface area (Å²) in [5.74, 6) is 0. The van der Waals surface area contributed by atoms with Crippen molar-refractivity contribution in [1.29, 1.82) is 0 Å². The zero-order chi connectivity index (χ0) is 13.0. The normalized spacial score (nSPS) is 23.2. The molecule has 0 saturated carbocycles. The molecule has 0 radical (unpaired) electrons. The van der Waals surface area contributed by atoms with E-state index < -0.39 is 0 Å². The van der Waals surface area contributed by atoms with E-state index in [0.29, 0.717) is 18.6 Å². The number of nitrogens with two attached hydrogens (primary N) is 1. The van der Waals surface area contributed by atoms with Gasteiger partial charge < -0.3 is 10.8 Å². The molecule has 0 aliphatic carbocycles. The molecule has 3 nitrogen and oxygen atoms in total. The smallest absolute Gasteiger partial charge is 0.0569 e. The zero-order valence-electron chi connectivity index (χ0n) is 11.1. The topological polar surface area (TPSA) is 49.5 Å². The lowest BCUT2D eigenvalue weighted by Crippen LogP contribution is -2.44. The third-order valence-electron chi connectivity index (χ3n) is 3.96. The Labute approximate surface area is 114 Å². The second-order valence-electron chi connectivity index (χ2n) is 5.12. The molecule has 1 aromatic heterocycles. The van der Waals surface area contributed by atoms with Gasteiger partial charge in [0.2, 0.25) is 0 Å². The van der Waals surface area contributed by atoms with Crippen molar-refractivity contribution in [2.45, 2.75) is 44.7 Å². The number of hydrogen-bond acceptors (Lipinski definition) is 4. The number of hydrogen-bond donors (Lipinski definition) is 2. The standard InChI is InChI=1S/C14H24N2OS/c1-11-6-9-18-14(11)13(10-15)16-7-3-2-4-12(16)5-8-17/h6,9,12-13,17H,2-5,7-8,10,15H2,1H3. The van der Waals surface area contributed by atoms with Crippen molar-refractivity contribution in [3.05, 3.63) is 21.9 Å². The van der Waals surface area contributed by atoms with E-state index in [1.54, 1.807) is 0 Å². The first-order valence-electron chi connectivity index (χ1n) is 6.88. The van der Waals surface area contributed by atoms with Gasteiger partial charge in [0.05, 0.1) is 6.04 Å². The monoisotopic (exact) mass is 268 g/mol. The minimum Gasteiger partial charge on any atom is -0.396 e. The maximum atomic E-state index is 9.22. The third kappa shape index (κ3) is 2.94. The Hall–Kier alpha value is -0.420. The molecule has 102 valence electrons. The minimum absolute atomic E-state index is 0.280. The maximum Gasteiger partial charge on any atom is 0.0569 e. The highest BCUT2D eigenvalue weighted by atomic mass is 32.1. The van der Waals surface area contributed by atoms with Crippen molar-refractivity contribution in [2.75, 3.05) is 19.7 Å². The van der Waals surface area contributed by atoms with Crippen molar-refractivity contribution in [1.82, 2.24) is 4.90 Å². The number of aliphatic hydroxyl groups is 1. The average molecular weight is 268 g/mol. The largest absolute Gasteiger partial charge is 0.396 e. The van der Waals surface area contributed by atoms with Gasteiger partial charge in [-0.25, -0.2) is 0 Å². The first-order valence-corrected chi connectivity index (χ1v) is 7.76. The molecule has 18 heavy (non-hydrogen) atoms. The Morgan fingerprint density at radius 1 is 1.56 bits per heavy atom. The first kappa shape index (κ1) is 14.0. The van der Waals surface area contributed by atoms with Gasteiger partial charge in [0.25, 0.3) is 0 Å². The molecule has 0 amide bonds. The Balaban J connectivity index is 2.17. The SMILES string of the molecule is Cc1ccsc1C(CN)N1CCCCC1CCO. The van der Waals surface area contributed by atoms with Crippen LogP contribution in [0.3, 0.4) is 0 Å². The molecule has 0 bridgehead atoms. The van der Waals surface area contributed by atoms with Crippen molar-refractivity contribution in [3.63, 3.8) is 0 Å². The molecular weight excluding hydrogens is 244 g/mol. The Kier molecular flexibility index (Phi) is 5.18. The minimum atomic E-state index is 0.280. The molecule has 1 saturated heterocycles. The summed E-state index contributed by atoms with van der Waals surface area (Å²) < 4.78 is 0. The van der Waals surface area contributed by atoms with Crippen LogP contribution >= 0.6 is 11.3 Å². The van der Waals surface area contributed by atoms with E-state index in [0.717, 1.165) is 13.0 Å². The summed E-state index contributed by atoms with van der Waals surface area (Å²) in [7, 11) is 0. The van der Waals surface area contributed by atoms with Gasteiger partial charge >= 0.3 is 0 Å². The Bertz CT molecular complexity index is 364. The molecular formula is C14H24N2OS. The van der Waals surface area contributed by atoms with Crippen LogP contribution in [0.25, 0.3) is 0 Å². The third-order valence-corrected chi connectivity index (χ3v) is 5.08. The van der Waals surface area contributed by atoms with Crippen LogP contribution in [-0.2, 0) is 0 Å². The van der Waals surface area contributed by atoms with Crippen LogP contribution in [-0.4, -0.2) is 35.7 Å². The van der Waals surface area contributed by atoms with Crippen LogP contribution in [0.15, 0.2) is 11.4 Å². The van der Waals surface area contributed by atoms with Crippen molar-refractivity contribution in [3.8, 4) is 0 Å². The number of aryl methyl sites for hydroxylation is 1. The van der Waals surface area contributed by atoms with Gasteiger partial charge in [0.15, 0.2) is 0 Å². The lowest BCUT2D eigenvalue weighted by molar-refractivity contribution is 0.0795. The quantitative estimate of drug-likeness (QED) is 0.861. The second kappa shape index (κ2) is 6.66. The van der Waals surface area contributed by atoms with Crippen LogP contribution in [0.1, 0.15) is 42.2 Å². The fraction of sp³-hybridized carbons (Fsp3) is 0.714. The van der Waals surface area contributed by atoms with Gasteiger partial charge in [-0.15, -0.1) is 11.3 Å². The average Bonchev–Trinajstić information content (AvgIpc) is 2.79. The lowest BCUT2D eigenvalue weighted by Gasteiger charge is -2.40. The molecule has 2 unspecified atom stereocenters. The molecule has 2 atom stereocenters. The zero-order valence-corrected chi connectivity index (χ0v) is 12.0. The van der Waals surface area contributed by atoms with Crippen LogP contribution in [0.2, 0.25) is 0 Å². The van der Waals surface area contributed by atoms with Gasteiger partial charge in [-0.2, -0.15) is 0 Å². The van der Waals surface area contributed by atoms with E-state index in [2.05, 4.69) is 23.3 Å². The van der Waals surface area contributed by atoms with Crippen LogP contribution in [0, 0.1) is 6.92 Å². The van der Waals surface area contributed by atoms with Crippen LogP contribution < -0.4 is 5.73 Å². The van der Waals surface area contributed by atoms with Crippen molar-refractivity contribution >= 4 is 11.3 Å². The van der Waals surface area contributed by atoms with E-state index in [1.165, 1.54) is 29.7 Å². The fourth-order valence-corrected chi connectivity index (χ4v) is 4.07. The number of thiophene rings is 1. The maximum absolute atomic E-state index is 9.22. The summed E-state index contributed by atoms with van der Waals surface area (Å²) in [5.41, 5.74) is 7.38. The predicted octanol–water partition coefficient (Wildman–Crippen LogP) is 2.29. The van der Waals surface area contributed by atoms with Gasteiger partial charge in [-0.3, -0.25) is 4.90 Å². The van der Waals surface area contributed by atoms with Gasteiger partial charge in [-0.1, -0.05) is 6.42 Å². The van der Waals surface area contributed by atoms with E-state index in [-0.39, 0.29) is 6.61 Å². The molecule has 0 spiro atoms. The Morgan fingerprint density at radius 2 is 2.39 bits per heavy atom. The molecule has 2 heterocycles. The second-order valence-corrected chi connectivity index (χ2v) is 6.07. The molecule has 1 aliphatic heterocycles. The molecule has 1 fully saturated rings. The van der Waals surface area contributed by atoms with Crippen LogP contribution in [0.4, 0.5) is 0 Å². The number of rotatable bonds is 5. The summed E-state index contributed by atoms with van der Waals surface area (Å²) in [5, 5.41) is 11.4. The number of piperidine rings is 1. The number of aliphatic hydroxyl groups excluding tert-OH is 1. The van der Waals surface area contributed by atoms with E-state index in [4.69, 9.17) is 5.73 Å². The molecule has 3 N–H and O–H groups in total. The summed E-state index contributed by atoms with van der Waals surface area (Å²) in [6.45, 7) is 4.23. The number of nitrogens with zero attached hydrogens (tertiary/aromatic N) is 1. The van der Waals surface area contributed by atoms with Crippen molar-refractivity contribution in [2.24, 2.45) is 5.73 Å². The fourth-order valence-electron chi connectivity index (χ4n) is 3.01. The highest BCUT2D eigenvalue weighted by Crippen LogP contribution is 2.33. The molecule has 1 aliphatic rings. The van der Waals surface area contributed by atoms with Gasteiger partial charge in [-0.05, 0) is 49.7 Å². The summed E-state index contributed by atoms with van der Waals surface area (Å²) in [6.07, 6.45) is 4.60. The molecule has 4 heteroatoms. The van der Waals surface area contributed by atoms with Crippen LogP contribution in [0.5, 0.6) is 0 Å². The Morgan fingerprint density at radius 3 is 3.00 bits per heavy atom. The van der Waals surface area contributed by atoms with Crippen molar-refractivity contribution < 1.29 is 5.11 Å². The van der Waals surface area contributed by atoms with E-state index in [9.17, 15) is 5.11 Å². The predicted molar refractivity (Wildman–Crippen MR) is 76.9 cm³/mol. The first-order chi connectivity index (χ1) is 8.77. The highest BCUT2D eigenvalue weighted by Gasteiger charge is 2.29. The highest BCUT2D eigenvalue weighted by molar-refractivity contribution is 7.10. The molecule has 1 aromatic rings. The molecule has 0 aromatic carbocycles. The molecule has 2 rings (SSSR count). The summed E-state index contributed by atoms with van der Waals surface area (Å²) in [4.78, 5) is 3.93. The van der Waals surface area contributed by atoms with Gasteiger partial charge in [0.1, 0.15) is 0 Å². The summed E-state index contributed by atoms with van der Waals surface area (Å²) >= 11 is 1.81. The van der Waals surface area contributed by atoms with E-state index >= 15 is 0 Å². The summed E-state index contributed by atoms with van der Waals surface area (Å²) in [6, 6.07) is 3.01. The lowest BCUT2D eigenvalue weighted by atomic mass is 9.96. The number of likely N-dealkylation sites (tertiary alicyclic amines) is 1. The van der Waals surface area contributed by atoms with E-state index in [1.807, 2.05) is 11.3 Å². The van der Waals surface area contributed by atoms with Gasteiger partial charge in [0, 0.05) is 24.1 Å².